The van der Waals surface area contributed by atoms with Crippen molar-refractivity contribution in [3.8, 4) is 0 Å². The summed E-state index contributed by atoms with van der Waals surface area (Å²) in [5.74, 6) is -3.10. The van der Waals surface area contributed by atoms with Crippen molar-refractivity contribution in [3.05, 3.63) is 70.8 Å². The van der Waals surface area contributed by atoms with Gasteiger partial charge in [0.25, 0.3) is 0 Å². The number of carboxylic acids is 1. The van der Waals surface area contributed by atoms with Gasteiger partial charge in [0.15, 0.2) is 0 Å². The third kappa shape index (κ3) is 4.12. The lowest BCUT2D eigenvalue weighted by molar-refractivity contribution is -0.141. The van der Waals surface area contributed by atoms with Crippen LogP contribution >= 0.6 is 0 Å². The SMILES string of the molecule is Cc1ccc(CC(Cc2ccc(F)cc2F)C(=O)O)cc1. The van der Waals surface area contributed by atoms with Gasteiger partial charge in [-0.05, 0) is 37.0 Å². The van der Waals surface area contributed by atoms with E-state index in [0.717, 1.165) is 23.3 Å². The summed E-state index contributed by atoms with van der Waals surface area (Å²) in [7, 11) is 0. The first kappa shape index (κ1) is 15.2. The highest BCUT2D eigenvalue weighted by Gasteiger charge is 2.20. The molecule has 0 amide bonds. The second kappa shape index (κ2) is 6.48. The fraction of sp³-hybridized carbons (Fsp3) is 0.235. The lowest BCUT2D eigenvalue weighted by Crippen LogP contribution is -2.19. The maximum atomic E-state index is 13.6. The molecule has 0 heterocycles. The second-order valence-corrected chi connectivity index (χ2v) is 5.16. The van der Waals surface area contributed by atoms with Gasteiger partial charge in [-0.2, -0.15) is 0 Å². The van der Waals surface area contributed by atoms with Crippen molar-refractivity contribution in [2.24, 2.45) is 5.92 Å². The van der Waals surface area contributed by atoms with Crippen LogP contribution in [0.4, 0.5) is 8.78 Å². The minimum Gasteiger partial charge on any atom is -0.481 e. The molecule has 2 rings (SSSR count). The number of rotatable bonds is 5. The van der Waals surface area contributed by atoms with Gasteiger partial charge in [0.2, 0.25) is 0 Å². The molecule has 2 aromatic carbocycles. The molecule has 0 aromatic heterocycles. The van der Waals surface area contributed by atoms with Crippen molar-refractivity contribution in [3.63, 3.8) is 0 Å². The van der Waals surface area contributed by atoms with E-state index in [1.54, 1.807) is 0 Å². The molecule has 1 unspecified atom stereocenters. The van der Waals surface area contributed by atoms with E-state index in [2.05, 4.69) is 0 Å². The molecule has 0 aliphatic carbocycles. The van der Waals surface area contributed by atoms with Crippen molar-refractivity contribution in [1.29, 1.82) is 0 Å². The van der Waals surface area contributed by atoms with Crippen LogP contribution in [0.15, 0.2) is 42.5 Å². The summed E-state index contributed by atoms with van der Waals surface area (Å²) in [6, 6.07) is 10.8. The zero-order chi connectivity index (χ0) is 15.4. The minimum absolute atomic E-state index is 0.0370. The monoisotopic (exact) mass is 290 g/mol. The topological polar surface area (TPSA) is 37.3 Å². The first-order valence-electron chi connectivity index (χ1n) is 6.68. The molecule has 110 valence electrons. The molecular weight excluding hydrogens is 274 g/mol. The number of aliphatic carboxylic acids is 1. The van der Waals surface area contributed by atoms with Crippen LogP contribution in [-0.4, -0.2) is 11.1 Å². The van der Waals surface area contributed by atoms with Crippen molar-refractivity contribution >= 4 is 5.97 Å². The summed E-state index contributed by atoms with van der Waals surface area (Å²) in [5.41, 5.74) is 2.20. The highest BCUT2D eigenvalue weighted by molar-refractivity contribution is 5.71. The third-order valence-corrected chi connectivity index (χ3v) is 3.43. The van der Waals surface area contributed by atoms with Crippen LogP contribution in [0.5, 0.6) is 0 Å². The molecule has 0 bridgehead atoms. The highest BCUT2D eigenvalue weighted by Crippen LogP contribution is 2.18. The van der Waals surface area contributed by atoms with Gasteiger partial charge in [-0.3, -0.25) is 4.79 Å². The lowest BCUT2D eigenvalue weighted by atomic mass is 9.92. The van der Waals surface area contributed by atoms with Crippen LogP contribution in [0.3, 0.4) is 0 Å². The Hall–Kier alpha value is -2.23. The van der Waals surface area contributed by atoms with Crippen LogP contribution in [0, 0.1) is 24.5 Å². The molecule has 0 fully saturated rings. The molecule has 0 aliphatic rings. The predicted molar refractivity (Wildman–Crippen MR) is 76.1 cm³/mol. The molecule has 21 heavy (non-hydrogen) atoms. The summed E-state index contributed by atoms with van der Waals surface area (Å²) in [6.07, 6.45) is 0.349. The van der Waals surface area contributed by atoms with Crippen LogP contribution < -0.4 is 0 Å². The zero-order valence-electron chi connectivity index (χ0n) is 11.6. The summed E-state index contributed by atoms with van der Waals surface area (Å²) in [5, 5.41) is 9.30. The van der Waals surface area contributed by atoms with Gasteiger partial charge < -0.3 is 5.11 Å². The molecule has 4 heteroatoms. The first-order chi connectivity index (χ1) is 9.95. The van der Waals surface area contributed by atoms with Gasteiger partial charge in [-0.25, -0.2) is 8.78 Å². The molecule has 0 radical (unpaired) electrons. The average Bonchev–Trinajstić information content (AvgIpc) is 2.43. The first-order valence-corrected chi connectivity index (χ1v) is 6.68. The molecule has 1 atom stereocenters. The number of hydrogen-bond donors (Lipinski definition) is 1. The van der Waals surface area contributed by atoms with E-state index in [9.17, 15) is 18.7 Å². The maximum Gasteiger partial charge on any atom is 0.307 e. The molecule has 0 saturated heterocycles. The molecule has 0 aliphatic heterocycles. The molecule has 1 N–H and O–H groups in total. The number of halogens is 2. The Morgan fingerprint density at radius 3 is 2.33 bits per heavy atom. The standard InChI is InChI=1S/C17H16F2O2/c1-11-2-4-12(5-3-11)8-14(17(20)21)9-13-6-7-15(18)10-16(13)19/h2-7,10,14H,8-9H2,1H3,(H,20,21). The minimum atomic E-state index is -0.987. The van der Waals surface area contributed by atoms with Crippen molar-refractivity contribution in [2.75, 3.05) is 0 Å². The average molecular weight is 290 g/mol. The summed E-state index contributed by atoms with van der Waals surface area (Å²) in [4.78, 5) is 11.4. The van der Waals surface area contributed by atoms with E-state index in [1.165, 1.54) is 6.07 Å². The molecule has 0 saturated carbocycles. The highest BCUT2D eigenvalue weighted by atomic mass is 19.1. The third-order valence-electron chi connectivity index (χ3n) is 3.43. The molecule has 0 spiro atoms. The summed E-state index contributed by atoms with van der Waals surface area (Å²) >= 11 is 0. The van der Waals surface area contributed by atoms with Crippen LogP contribution in [-0.2, 0) is 17.6 Å². The Balaban J connectivity index is 2.15. The number of benzene rings is 2. The van der Waals surface area contributed by atoms with Crippen molar-refractivity contribution in [1.82, 2.24) is 0 Å². The Bertz CT molecular complexity index is 636. The van der Waals surface area contributed by atoms with E-state index in [1.807, 2.05) is 31.2 Å². The normalized spacial score (nSPS) is 12.1. The lowest BCUT2D eigenvalue weighted by Gasteiger charge is -2.13. The molecule has 2 nitrogen and oxygen atoms in total. The van der Waals surface area contributed by atoms with Crippen LogP contribution in [0.25, 0.3) is 0 Å². The van der Waals surface area contributed by atoms with Crippen molar-refractivity contribution < 1.29 is 18.7 Å². The fourth-order valence-corrected chi connectivity index (χ4v) is 2.21. The Kier molecular flexibility index (Phi) is 4.68. The Morgan fingerprint density at radius 2 is 1.76 bits per heavy atom. The van der Waals surface area contributed by atoms with Crippen LogP contribution in [0.2, 0.25) is 0 Å². The Labute approximate surface area is 122 Å². The van der Waals surface area contributed by atoms with E-state index < -0.39 is 23.5 Å². The molecular formula is C17H16F2O2. The number of hydrogen-bond acceptors (Lipinski definition) is 1. The van der Waals surface area contributed by atoms with Gasteiger partial charge in [-0.15, -0.1) is 0 Å². The maximum absolute atomic E-state index is 13.6. The van der Waals surface area contributed by atoms with Gasteiger partial charge >= 0.3 is 5.97 Å². The predicted octanol–water partition coefficient (Wildman–Crippen LogP) is 3.76. The van der Waals surface area contributed by atoms with Gasteiger partial charge in [0.1, 0.15) is 11.6 Å². The van der Waals surface area contributed by atoms with Crippen LogP contribution in [0.1, 0.15) is 16.7 Å². The van der Waals surface area contributed by atoms with E-state index >= 15 is 0 Å². The van der Waals surface area contributed by atoms with E-state index in [-0.39, 0.29) is 12.0 Å². The smallest absolute Gasteiger partial charge is 0.307 e. The van der Waals surface area contributed by atoms with Gasteiger partial charge in [0, 0.05) is 6.07 Å². The van der Waals surface area contributed by atoms with Gasteiger partial charge in [-0.1, -0.05) is 35.9 Å². The number of aryl methyl sites for hydroxylation is 1. The number of carboxylic acid groups (broad SMARTS) is 1. The Morgan fingerprint density at radius 1 is 1.10 bits per heavy atom. The zero-order valence-corrected chi connectivity index (χ0v) is 11.6. The van der Waals surface area contributed by atoms with E-state index in [0.29, 0.717) is 6.42 Å². The van der Waals surface area contributed by atoms with Crippen molar-refractivity contribution in [2.45, 2.75) is 19.8 Å². The second-order valence-electron chi connectivity index (χ2n) is 5.16. The summed E-state index contributed by atoms with van der Waals surface area (Å²) < 4.78 is 26.5. The van der Waals surface area contributed by atoms with Gasteiger partial charge in [0.05, 0.1) is 5.92 Å². The largest absolute Gasteiger partial charge is 0.481 e. The number of carbonyl (C=O) groups is 1. The molecule has 2 aromatic rings. The quantitative estimate of drug-likeness (QED) is 0.910. The fourth-order valence-electron chi connectivity index (χ4n) is 2.21. The van der Waals surface area contributed by atoms with E-state index in [4.69, 9.17) is 0 Å². The summed E-state index contributed by atoms with van der Waals surface area (Å²) in [6.45, 7) is 1.95.